The van der Waals surface area contributed by atoms with Gasteiger partial charge < -0.3 is 0 Å². The fourth-order valence-corrected chi connectivity index (χ4v) is 8.58. The standard InChI is InChI=1S/C55H38/c1-2-15-39(32-37-16-4-3-5-17-37)43-30-31-51-53(35-43)55(52-36-44-20-8-9-23-46(44)47-24-10-11-25-48(47)52)50-27-13-12-26-49(50)54(51)45-22-14-21-41(34-45)42-29-28-38-18-6-7-19-40(38)33-42/h2-36H,1H3/b15-2-,39-32+. The minimum atomic E-state index is 1.18. The molecule has 258 valence electrons. The summed E-state index contributed by atoms with van der Waals surface area (Å²) in [6.07, 6.45) is 6.66. The molecule has 10 aromatic rings. The summed E-state index contributed by atoms with van der Waals surface area (Å²) in [6.45, 7) is 2.10. The lowest BCUT2D eigenvalue weighted by Crippen LogP contribution is -1.94. The van der Waals surface area contributed by atoms with Crippen LogP contribution in [0.1, 0.15) is 18.1 Å². The van der Waals surface area contributed by atoms with Crippen LogP contribution in [0.25, 0.3) is 98.9 Å². The van der Waals surface area contributed by atoms with Crippen molar-refractivity contribution in [1.82, 2.24) is 0 Å². The van der Waals surface area contributed by atoms with Gasteiger partial charge in [-0.1, -0.05) is 182 Å². The van der Waals surface area contributed by atoms with Crippen molar-refractivity contribution in [3.63, 3.8) is 0 Å². The molecule has 0 heteroatoms. The largest absolute Gasteiger partial charge is 0.0870 e. The molecule has 0 radical (unpaired) electrons. The second-order valence-electron chi connectivity index (χ2n) is 14.4. The predicted molar refractivity (Wildman–Crippen MR) is 239 cm³/mol. The molecule has 0 amide bonds. The summed E-state index contributed by atoms with van der Waals surface area (Å²) in [4.78, 5) is 0. The zero-order valence-corrected chi connectivity index (χ0v) is 30.7. The monoisotopic (exact) mass is 698 g/mol. The fraction of sp³-hybridized carbons (Fsp3) is 0.0182. The molecule has 10 rings (SSSR count). The van der Waals surface area contributed by atoms with Crippen LogP contribution in [0, 0.1) is 0 Å². The summed E-state index contributed by atoms with van der Waals surface area (Å²) in [5, 5.41) is 12.5. The van der Waals surface area contributed by atoms with Gasteiger partial charge in [-0.3, -0.25) is 0 Å². The highest BCUT2D eigenvalue weighted by Gasteiger charge is 2.20. The van der Waals surface area contributed by atoms with Crippen LogP contribution in [0.3, 0.4) is 0 Å². The Morgan fingerprint density at radius 1 is 0.364 bits per heavy atom. The van der Waals surface area contributed by atoms with Crippen LogP contribution >= 0.6 is 0 Å². The topological polar surface area (TPSA) is 0 Å². The number of hydrogen-bond donors (Lipinski definition) is 0. The average molecular weight is 699 g/mol. The summed E-state index contributed by atoms with van der Waals surface area (Å²) < 4.78 is 0. The smallest absolute Gasteiger partial charge is 0.00197 e. The molecule has 55 heavy (non-hydrogen) atoms. The van der Waals surface area contributed by atoms with Crippen LogP contribution < -0.4 is 0 Å². The van der Waals surface area contributed by atoms with Crippen molar-refractivity contribution < 1.29 is 0 Å². The van der Waals surface area contributed by atoms with Crippen LogP contribution in [0.2, 0.25) is 0 Å². The summed E-state index contributed by atoms with van der Waals surface area (Å²) in [5.74, 6) is 0. The number of hydrogen-bond acceptors (Lipinski definition) is 0. The second-order valence-corrected chi connectivity index (χ2v) is 14.4. The van der Waals surface area contributed by atoms with Crippen LogP contribution in [0.5, 0.6) is 0 Å². The summed E-state index contributed by atoms with van der Waals surface area (Å²) in [6, 6.07) is 71.4. The van der Waals surface area contributed by atoms with Crippen molar-refractivity contribution in [3.8, 4) is 33.4 Å². The molecule has 0 unspecified atom stereocenters. The third-order valence-electron chi connectivity index (χ3n) is 11.1. The lowest BCUT2D eigenvalue weighted by Gasteiger charge is -2.21. The highest BCUT2D eigenvalue weighted by Crippen LogP contribution is 2.47. The molecule has 10 aromatic carbocycles. The minimum absolute atomic E-state index is 1.18. The SMILES string of the molecule is C/C=C\C(=C/c1ccccc1)c1ccc2c(-c3cccc(-c4ccc5ccccc5c4)c3)c3ccccc3c(-c3cc4ccccc4c4ccccc34)c2c1. The molecule has 0 aliphatic heterocycles. The van der Waals surface area contributed by atoms with Gasteiger partial charge in [-0.05, 0) is 141 Å². The molecule has 0 spiro atoms. The normalized spacial score (nSPS) is 12.1. The van der Waals surface area contributed by atoms with Crippen molar-refractivity contribution in [1.29, 1.82) is 0 Å². The zero-order chi connectivity index (χ0) is 36.7. The molecule has 0 saturated heterocycles. The van der Waals surface area contributed by atoms with E-state index in [4.69, 9.17) is 0 Å². The molecular formula is C55H38. The molecule has 0 heterocycles. The Bertz CT molecular complexity index is 3140. The van der Waals surface area contributed by atoms with E-state index in [0.717, 1.165) is 0 Å². The van der Waals surface area contributed by atoms with Gasteiger partial charge in [-0.2, -0.15) is 0 Å². The van der Waals surface area contributed by atoms with Gasteiger partial charge in [0.05, 0.1) is 0 Å². The maximum atomic E-state index is 2.44. The Morgan fingerprint density at radius 2 is 0.982 bits per heavy atom. The van der Waals surface area contributed by atoms with E-state index < -0.39 is 0 Å². The van der Waals surface area contributed by atoms with Crippen molar-refractivity contribution in [2.24, 2.45) is 0 Å². The van der Waals surface area contributed by atoms with E-state index >= 15 is 0 Å². The zero-order valence-electron chi connectivity index (χ0n) is 30.7. The number of rotatable bonds is 6. The highest BCUT2D eigenvalue weighted by atomic mass is 14.2. The molecule has 0 bridgehead atoms. The molecule has 0 fully saturated rings. The van der Waals surface area contributed by atoms with Crippen LogP contribution in [0.4, 0.5) is 0 Å². The van der Waals surface area contributed by atoms with Gasteiger partial charge >= 0.3 is 0 Å². The van der Waals surface area contributed by atoms with E-state index in [1.165, 1.54) is 104 Å². The van der Waals surface area contributed by atoms with Gasteiger partial charge in [-0.15, -0.1) is 0 Å². The van der Waals surface area contributed by atoms with E-state index in [1.54, 1.807) is 0 Å². The van der Waals surface area contributed by atoms with E-state index in [1.807, 2.05) is 0 Å². The Kier molecular flexibility index (Phi) is 8.16. The van der Waals surface area contributed by atoms with E-state index in [0.29, 0.717) is 0 Å². The third-order valence-corrected chi connectivity index (χ3v) is 11.1. The number of allylic oxidation sites excluding steroid dienone is 3. The lowest BCUT2D eigenvalue weighted by atomic mass is 9.82. The molecular weight excluding hydrogens is 661 g/mol. The van der Waals surface area contributed by atoms with E-state index in [-0.39, 0.29) is 0 Å². The average Bonchev–Trinajstić information content (AvgIpc) is 3.25. The van der Waals surface area contributed by atoms with Gasteiger partial charge in [0.2, 0.25) is 0 Å². The third kappa shape index (κ3) is 5.80. The van der Waals surface area contributed by atoms with Gasteiger partial charge in [0.1, 0.15) is 0 Å². The van der Waals surface area contributed by atoms with E-state index in [9.17, 15) is 0 Å². The Morgan fingerprint density at radius 3 is 1.78 bits per heavy atom. The molecule has 0 aromatic heterocycles. The van der Waals surface area contributed by atoms with Crippen LogP contribution in [-0.2, 0) is 0 Å². The first-order valence-electron chi connectivity index (χ1n) is 19.1. The molecule has 0 nitrogen and oxygen atoms in total. The number of fused-ring (bicyclic) bond motifs is 6. The van der Waals surface area contributed by atoms with Crippen LogP contribution in [0.15, 0.2) is 206 Å². The summed E-state index contributed by atoms with van der Waals surface area (Å²) >= 11 is 0. The molecule has 0 aliphatic carbocycles. The van der Waals surface area contributed by atoms with Crippen molar-refractivity contribution >= 4 is 65.5 Å². The van der Waals surface area contributed by atoms with Gasteiger partial charge in [0, 0.05) is 0 Å². The van der Waals surface area contributed by atoms with Gasteiger partial charge in [0.25, 0.3) is 0 Å². The van der Waals surface area contributed by atoms with Crippen molar-refractivity contribution in [2.75, 3.05) is 0 Å². The summed E-state index contributed by atoms with van der Waals surface area (Å²) in [5.41, 5.74) is 11.0. The van der Waals surface area contributed by atoms with Crippen LogP contribution in [-0.4, -0.2) is 0 Å². The van der Waals surface area contributed by atoms with Crippen molar-refractivity contribution in [2.45, 2.75) is 6.92 Å². The molecule has 0 N–H and O–H groups in total. The second kappa shape index (κ2) is 13.8. The maximum absolute atomic E-state index is 2.44. The first kappa shape index (κ1) is 32.6. The lowest BCUT2D eigenvalue weighted by molar-refractivity contribution is 1.61. The minimum Gasteiger partial charge on any atom is -0.0870 e. The molecule has 0 saturated carbocycles. The fourth-order valence-electron chi connectivity index (χ4n) is 8.58. The van der Waals surface area contributed by atoms with Gasteiger partial charge in [-0.25, -0.2) is 0 Å². The Hall–Kier alpha value is -7.02. The van der Waals surface area contributed by atoms with Gasteiger partial charge in [0.15, 0.2) is 0 Å². The number of benzene rings is 10. The maximum Gasteiger partial charge on any atom is -0.00197 e. The quantitative estimate of drug-likeness (QED) is 0.0702. The molecule has 0 aliphatic rings. The summed E-state index contributed by atoms with van der Waals surface area (Å²) in [7, 11) is 0. The van der Waals surface area contributed by atoms with E-state index in [2.05, 4.69) is 219 Å². The molecule has 0 atom stereocenters. The first-order valence-corrected chi connectivity index (χ1v) is 19.1. The van der Waals surface area contributed by atoms with Crippen molar-refractivity contribution in [3.05, 3.63) is 217 Å². The Labute approximate surface area is 322 Å². The highest BCUT2D eigenvalue weighted by molar-refractivity contribution is 6.26. The predicted octanol–water partition coefficient (Wildman–Crippen LogP) is 15.6. The Balaban J connectivity index is 1.30. The first-order chi connectivity index (χ1) is 27.2.